The van der Waals surface area contributed by atoms with E-state index in [1.807, 2.05) is 32.9 Å². The molecule has 0 aliphatic rings. The number of nitrogens with one attached hydrogen (secondary N) is 1. The minimum atomic E-state index is -1.39. The molecule has 0 spiro atoms. The number of hydrogen-bond acceptors (Lipinski definition) is 6. The second kappa shape index (κ2) is 10.8. The van der Waals surface area contributed by atoms with Crippen molar-refractivity contribution in [2.24, 2.45) is 0 Å². The first-order valence-corrected chi connectivity index (χ1v) is 10.6. The fourth-order valence-corrected chi connectivity index (χ4v) is 3.13. The molecule has 0 aliphatic carbocycles. The first kappa shape index (κ1) is 26.4. The molecule has 34 heavy (non-hydrogen) atoms. The molecular weight excluding hydrogens is 438 g/mol. The molecule has 1 unspecified atom stereocenters. The Morgan fingerprint density at radius 3 is 1.82 bits per heavy atom. The van der Waals surface area contributed by atoms with Gasteiger partial charge in [-0.05, 0) is 56.2 Å². The van der Waals surface area contributed by atoms with Crippen LogP contribution in [0.1, 0.15) is 31.1 Å². The van der Waals surface area contributed by atoms with Gasteiger partial charge in [0.05, 0.1) is 7.11 Å². The number of anilines is 1. The molecule has 2 aromatic rings. The van der Waals surface area contributed by atoms with E-state index in [-0.39, 0.29) is 0 Å². The summed E-state index contributed by atoms with van der Waals surface area (Å²) < 4.78 is 10.0. The van der Waals surface area contributed by atoms with Gasteiger partial charge in [-0.2, -0.15) is 0 Å². The average Bonchev–Trinajstić information content (AvgIpc) is 2.81. The summed E-state index contributed by atoms with van der Waals surface area (Å²) in [7, 11) is 5.54. The van der Waals surface area contributed by atoms with Crippen molar-refractivity contribution < 1.29 is 28.7 Å². The number of carbonyl (C=O) groups is 4. The summed E-state index contributed by atoms with van der Waals surface area (Å²) in [6, 6.07) is 12.7. The van der Waals surface area contributed by atoms with Crippen LogP contribution in [0.3, 0.4) is 0 Å². The van der Waals surface area contributed by atoms with Crippen LogP contribution in [0.25, 0.3) is 11.1 Å². The highest BCUT2D eigenvalue weighted by Gasteiger charge is 2.34. The largest absolute Gasteiger partial charge is 0.467 e. The Kier molecular flexibility index (Phi) is 8.40. The van der Waals surface area contributed by atoms with Crippen LogP contribution < -0.4 is 10.2 Å². The second-order valence-electron chi connectivity index (χ2n) is 8.62. The third-order valence-corrected chi connectivity index (χ3v) is 5.01. The monoisotopic (exact) mass is 469 g/mol. The number of ether oxygens (including phenoxy) is 2. The Morgan fingerprint density at radius 1 is 0.882 bits per heavy atom. The van der Waals surface area contributed by atoms with Gasteiger partial charge in [0.25, 0.3) is 11.8 Å². The maximum absolute atomic E-state index is 12.8. The lowest BCUT2D eigenvalue weighted by Crippen LogP contribution is -2.51. The number of amides is 3. The van der Waals surface area contributed by atoms with Crippen LogP contribution in [-0.4, -0.2) is 68.7 Å². The van der Waals surface area contributed by atoms with Gasteiger partial charge in [-0.1, -0.05) is 24.3 Å². The zero-order chi connectivity index (χ0) is 25.6. The zero-order valence-electron chi connectivity index (χ0n) is 20.5. The Labute approximate surface area is 199 Å². The van der Waals surface area contributed by atoms with Gasteiger partial charge in [0.2, 0.25) is 6.04 Å². The van der Waals surface area contributed by atoms with Crippen LogP contribution in [0, 0.1) is 0 Å². The molecule has 0 saturated heterocycles. The van der Waals surface area contributed by atoms with Crippen LogP contribution in [0.5, 0.6) is 0 Å². The minimum Gasteiger partial charge on any atom is -0.467 e. The number of benzene rings is 2. The lowest BCUT2D eigenvalue weighted by Gasteiger charge is -2.25. The van der Waals surface area contributed by atoms with Gasteiger partial charge >= 0.3 is 12.1 Å². The summed E-state index contributed by atoms with van der Waals surface area (Å²) in [4.78, 5) is 51.7. The molecule has 1 N–H and O–H groups in total. The summed E-state index contributed by atoms with van der Waals surface area (Å²) in [5, 5.41) is 2.36. The SMILES string of the molecule is CNC(=O)C(C(=O)OC)N(C)C(=O)c1ccc(-c2ccc(N(C)C(=O)OC(C)(C)C)cc2)cc1. The fourth-order valence-electron chi connectivity index (χ4n) is 3.13. The zero-order valence-corrected chi connectivity index (χ0v) is 20.5. The van der Waals surface area contributed by atoms with Crippen molar-refractivity contribution in [3.8, 4) is 11.1 Å². The molecule has 0 bridgehead atoms. The van der Waals surface area contributed by atoms with Crippen molar-refractivity contribution in [2.75, 3.05) is 33.2 Å². The number of rotatable bonds is 6. The minimum absolute atomic E-state index is 0.310. The number of esters is 1. The summed E-state index contributed by atoms with van der Waals surface area (Å²) in [6.07, 6.45) is -0.450. The van der Waals surface area contributed by atoms with Gasteiger partial charge in [0.1, 0.15) is 5.60 Å². The molecule has 182 valence electrons. The maximum atomic E-state index is 12.8. The fraction of sp³-hybridized carbons (Fsp3) is 0.360. The molecule has 9 nitrogen and oxygen atoms in total. The quantitative estimate of drug-likeness (QED) is 0.515. The van der Waals surface area contributed by atoms with E-state index < -0.39 is 35.5 Å². The highest BCUT2D eigenvalue weighted by atomic mass is 16.6. The van der Waals surface area contributed by atoms with Crippen LogP contribution in [0.4, 0.5) is 10.5 Å². The Morgan fingerprint density at radius 2 is 1.38 bits per heavy atom. The van der Waals surface area contributed by atoms with E-state index in [0.717, 1.165) is 23.1 Å². The van der Waals surface area contributed by atoms with E-state index in [4.69, 9.17) is 4.74 Å². The third kappa shape index (κ3) is 6.34. The van der Waals surface area contributed by atoms with E-state index >= 15 is 0 Å². The van der Waals surface area contributed by atoms with Crippen molar-refractivity contribution in [1.29, 1.82) is 0 Å². The molecule has 2 aromatic carbocycles. The maximum Gasteiger partial charge on any atom is 0.414 e. The summed E-state index contributed by atoms with van der Waals surface area (Å²) >= 11 is 0. The predicted octanol–water partition coefficient (Wildman–Crippen LogP) is 3.08. The molecule has 2 rings (SSSR count). The van der Waals surface area contributed by atoms with Crippen molar-refractivity contribution in [1.82, 2.24) is 10.2 Å². The van der Waals surface area contributed by atoms with Crippen molar-refractivity contribution in [2.45, 2.75) is 32.4 Å². The van der Waals surface area contributed by atoms with Gasteiger partial charge in [-0.3, -0.25) is 14.5 Å². The van der Waals surface area contributed by atoms with E-state index in [1.165, 1.54) is 19.0 Å². The summed E-state index contributed by atoms with van der Waals surface area (Å²) in [6.45, 7) is 5.42. The van der Waals surface area contributed by atoms with Crippen molar-refractivity contribution in [3.05, 3.63) is 54.1 Å². The van der Waals surface area contributed by atoms with E-state index in [1.54, 1.807) is 43.4 Å². The van der Waals surface area contributed by atoms with E-state index in [2.05, 4.69) is 10.1 Å². The average molecular weight is 470 g/mol. The molecule has 0 radical (unpaired) electrons. The van der Waals surface area contributed by atoms with E-state index in [0.29, 0.717) is 11.3 Å². The molecule has 3 amide bonds. The normalized spacial score (nSPS) is 11.7. The van der Waals surface area contributed by atoms with Gasteiger partial charge in [0, 0.05) is 32.4 Å². The standard InChI is InChI=1S/C25H31N3O6/c1-25(2,3)34-24(32)27(5)19-14-12-17(13-15-19)16-8-10-18(11-9-16)22(30)28(6)20(21(29)26-4)23(31)33-7/h8-15,20H,1-7H3,(H,26,29). The smallest absolute Gasteiger partial charge is 0.414 e. The lowest BCUT2D eigenvalue weighted by atomic mass is 10.0. The topological polar surface area (TPSA) is 105 Å². The third-order valence-electron chi connectivity index (χ3n) is 5.01. The Hall–Kier alpha value is -3.88. The molecule has 1 atom stereocenters. The molecule has 0 saturated carbocycles. The number of methoxy groups -OCH3 is 1. The Balaban J connectivity index is 2.17. The highest BCUT2D eigenvalue weighted by Crippen LogP contribution is 2.24. The second-order valence-corrected chi connectivity index (χ2v) is 8.62. The number of likely N-dealkylation sites (N-methyl/N-ethyl adjacent to an activating group) is 2. The number of carbonyl (C=O) groups excluding carboxylic acids is 4. The van der Waals surface area contributed by atoms with Crippen LogP contribution in [-0.2, 0) is 19.1 Å². The molecule has 0 aromatic heterocycles. The first-order chi connectivity index (χ1) is 15.9. The Bertz CT molecular complexity index is 1030. The predicted molar refractivity (Wildman–Crippen MR) is 128 cm³/mol. The molecule has 0 heterocycles. The van der Waals surface area contributed by atoms with Gasteiger partial charge in [-0.15, -0.1) is 0 Å². The van der Waals surface area contributed by atoms with Crippen LogP contribution >= 0.6 is 0 Å². The first-order valence-electron chi connectivity index (χ1n) is 10.6. The molecule has 0 fully saturated rings. The molecular formula is C25H31N3O6. The molecule has 0 aliphatic heterocycles. The van der Waals surface area contributed by atoms with Crippen molar-refractivity contribution in [3.63, 3.8) is 0 Å². The van der Waals surface area contributed by atoms with Gasteiger partial charge < -0.3 is 19.7 Å². The number of hydrogen-bond donors (Lipinski definition) is 1. The van der Waals surface area contributed by atoms with Crippen LogP contribution in [0.15, 0.2) is 48.5 Å². The van der Waals surface area contributed by atoms with Gasteiger partial charge in [0.15, 0.2) is 0 Å². The number of nitrogens with zero attached hydrogens (tertiary/aromatic N) is 2. The summed E-state index contributed by atoms with van der Waals surface area (Å²) in [5.41, 5.74) is 2.13. The van der Waals surface area contributed by atoms with Gasteiger partial charge in [-0.25, -0.2) is 9.59 Å². The van der Waals surface area contributed by atoms with E-state index in [9.17, 15) is 19.2 Å². The van der Waals surface area contributed by atoms with Crippen LogP contribution in [0.2, 0.25) is 0 Å². The molecule has 9 heteroatoms. The lowest BCUT2D eigenvalue weighted by molar-refractivity contribution is -0.150. The highest BCUT2D eigenvalue weighted by molar-refractivity contribution is 6.07. The summed E-state index contributed by atoms with van der Waals surface area (Å²) in [5.74, 6) is -1.97. The van der Waals surface area contributed by atoms with Crippen molar-refractivity contribution >= 4 is 29.6 Å².